The van der Waals surface area contributed by atoms with Gasteiger partial charge in [0.15, 0.2) is 0 Å². The average Bonchev–Trinajstić information content (AvgIpc) is 2.96. The van der Waals surface area contributed by atoms with Crippen LogP contribution in [0.4, 0.5) is 5.95 Å². The predicted molar refractivity (Wildman–Crippen MR) is 84.1 cm³/mol. The van der Waals surface area contributed by atoms with Crippen molar-refractivity contribution in [3.8, 4) is 5.69 Å². The molecule has 1 saturated heterocycles. The topological polar surface area (TPSA) is 56.1 Å². The monoisotopic (exact) mass is 351 g/mol. The van der Waals surface area contributed by atoms with E-state index >= 15 is 0 Å². The molecular weight excluding hydrogens is 334 g/mol. The van der Waals surface area contributed by atoms with Crippen molar-refractivity contribution in [3.05, 3.63) is 30.3 Å². The Kier molecular flexibility index (Phi) is 3.95. The van der Waals surface area contributed by atoms with Crippen LogP contribution in [-0.2, 0) is 4.74 Å². The maximum absolute atomic E-state index is 6.03. The number of rotatable bonds is 3. The Hall–Kier alpha value is -1.47. The molecule has 1 atom stereocenters. The number of para-hydroxylation sites is 1. The van der Waals surface area contributed by atoms with Crippen molar-refractivity contribution in [2.24, 2.45) is 0 Å². The maximum atomic E-state index is 6.03. The highest BCUT2D eigenvalue weighted by molar-refractivity contribution is 9.09. The third-order valence-corrected chi connectivity index (χ3v) is 4.11. The summed E-state index contributed by atoms with van der Waals surface area (Å²) in [6.07, 6.45) is 0.120. The van der Waals surface area contributed by atoms with E-state index in [0.29, 0.717) is 0 Å². The summed E-state index contributed by atoms with van der Waals surface area (Å²) in [5, 5.41) is 13.0. The van der Waals surface area contributed by atoms with Gasteiger partial charge in [0.25, 0.3) is 5.95 Å². The van der Waals surface area contributed by atoms with E-state index in [2.05, 4.69) is 50.2 Å². The summed E-state index contributed by atoms with van der Waals surface area (Å²) >= 11 is 3.51. The van der Waals surface area contributed by atoms with Crippen LogP contribution in [0.3, 0.4) is 0 Å². The third-order valence-electron chi connectivity index (χ3n) is 3.39. The van der Waals surface area contributed by atoms with Gasteiger partial charge >= 0.3 is 0 Å². The molecule has 21 heavy (non-hydrogen) atoms. The molecular formula is C14H18BrN5O. The largest absolute Gasteiger partial charge is 0.368 e. The van der Waals surface area contributed by atoms with Gasteiger partial charge in [-0.05, 0) is 36.4 Å². The minimum absolute atomic E-state index is 0.120. The average molecular weight is 352 g/mol. The molecule has 2 heterocycles. The van der Waals surface area contributed by atoms with E-state index in [0.717, 1.165) is 30.1 Å². The fourth-order valence-corrected chi connectivity index (χ4v) is 2.98. The zero-order chi connectivity index (χ0) is 14.9. The molecule has 2 aromatic rings. The van der Waals surface area contributed by atoms with Crippen LogP contribution in [0.1, 0.15) is 13.8 Å². The third kappa shape index (κ3) is 3.08. The fourth-order valence-electron chi connectivity index (χ4n) is 2.64. The van der Waals surface area contributed by atoms with Gasteiger partial charge in [-0.15, -0.1) is 0 Å². The van der Waals surface area contributed by atoms with Crippen molar-refractivity contribution in [1.82, 2.24) is 20.2 Å². The van der Waals surface area contributed by atoms with Gasteiger partial charge in [0, 0.05) is 18.4 Å². The molecule has 0 saturated carbocycles. The molecule has 0 spiro atoms. The molecule has 1 aromatic carbocycles. The summed E-state index contributed by atoms with van der Waals surface area (Å²) in [6.45, 7) is 5.70. The molecule has 0 radical (unpaired) electrons. The van der Waals surface area contributed by atoms with Gasteiger partial charge in [0.05, 0.1) is 17.4 Å². The Labute approximate surface area is 132 Å². The van der Waals surface area contributed by atoms with Gasteiger partial charge in [-0.25, -0.2) is 0 Å². The number of hydrogen-bond acceptors (Lipinski definition) is 5. The number of halogens is 1. The molecule has 0 N–H and O–H groups in total. The van der Waals surface area contributed by atoms with Crippen LogP contribution < -0.4 is 4.90 Å². The van der Waals surface area contributed by atoms with Crippen LogP contribution in [0.2, 0.25) is 0 Å². The van der Waals surface area contributed by atoms with Gasteiger partial charge in [0.2, 0.25) is 0 Å². The van der Waals surface area contributed by atoms with Gasteiger partial charge in [0.1, 0.15) is 0 Å². The number of alkyl halides is 1. The van der Waals surface area contributed by atoms with E-state index in [-0.39, 0.29) is 11.7 Å². The first-order valence-corrected chi connectivity index (χ1v) is 8.04. The molecule has 1 aromatic heterocycles. The lowest BCUT2D eigenvalue weighted by Crippen LogP contribution is -2.54. The quantitative estimate of drug-likeness (QED) is 0.792. The van der Waals surface area contributed by atoms with Gasteiger partial charge < -0.3 is 9.64 Å². The number of nitrogens with zero attached hydrogens (tertiary/aromatic N) is 5. The van der Waals surface area contributed by atoms with Crippen molar-refractivity contribution in [2.75, 3.05) is 23.3 Å². The van der Waals surface area contributed by atoms with Crippen LogP contribution in [0.25, 0.3) is 5.69 Å². The van der Waals surface area contributed by atoms with Gasteiger partial charge in [-0.2, -0.15) is 4.68 Å². The number of hydrogen-bond donors (Lipinski definition) is 0. The van der Waals surface area contributed by atoms with E-state index in [4.69, 9.17) is 4.74 Å². The summed E-state index contributed by atoms with van der Waals surface area (Å²) in [5.74, 6) is 0.753. The normalized spacial score (nSPS) is 21.5. The van der Waals surface area contributed by atoms with Crippen molar-refractivity contribution in [3.63, 3.8) is 0 Å². The highest BCUT2D eigenvalue weighted by Crippen LogP contribution is 2.26. The van der Waals surface area contributed by atoms with Crippen LogP contribution in [0.15, 0.2) is 30.3 Å². The SMILES string of the molecule is CC1(C)CN(c2nnnn2-c2ccccc2)CC(CBr)O1. The van der Waals surface area contributed by atoms with Crippen LogP contribution in [0.5, 0.6) is 0 Å². The standard InChI is InChI=1S/C14H18BrN5O/c1-14(2)10-19(9-12(8-15)21-14)13-16-17-18-20(13)11-6-4-3-5-7-11/h3-7,12H,8-10H2,1-2H3. The second kappa shape index (κ2) is 5.73. The molecule has 0 amide bonds. The fraction of sp³-hybridized carbons (Fsp3) is 0.500. The lowest BCUT2D eigenvalue weighted by molar-refractivity contribution is -0.0729. The van der Waals surface area contributed by atoms with Crippen molar-refractivity contribution in [2.45, 2.75) is 25.6 Å². The lowest BCUT2D eigenvalue weighted by Gasteiger charge is -2.42. The summed E-state index contributed by atoms with van der Waals surface area (Å²) in [5.41, 5.74) is 0.724. The summed E-state index contributed by atoms with van der Waals surface area (Å²) in [7, 11) is 0. The molecule has 0 aliphatic carbocycles. The second-order valence-corrected chi connectivity index (χ2v) is 6.41. The molecule has 1 unspecified atom stereocenters. The highest BCUT2D eigenvalue weighted by atomic mass is 79.9. The molecule has 112 valence electrons. The lowest BCUT2D eigenvalue weighted by atomic mass is 10.1. The van der Waals surface area contributed by atoms with E-state index in [1.54, 1.807) is 4.68 Å². The predicted octanol–water partition coefficient (Wildman–Crippen LogP) is 2.04. The number of morpholine rings is 1. The zero-order valence-electron chi connectivity index (χ0n) is 12.1. The zero-order valence-corrected chi connectivity index (χ0v) is 13.7. The van der Waals surface area contributed by atoms with Crippen LogP contribution in [0, 0.1) is 0 Å². The Morgan fingerprint density at radius 3 is 2.81 bits per heavy atom. The Balaban J connectivity index is 1.92. The Morgan fingerprint density at radius 2 is 2.10 bits per heavy atom. The van der Waals surface area contributed by atoms with Crippen molar-refractivity contribution < 1.29 is 4.74 Å². The first kappa shape index (κ1) is 14.5. The molecule has 3 rings (SSSR count). The van der Waals surface area contributed by atoms with Gasteiger partial charge in [-0.3, -0.25) is 0 Å². The van der Waals surface area contributed by atoms with Crippen LogP contribution in [-0.4, -0.2) is 50.3 Å². The number of ether oxygens (including phenoxy) is 1. The number of tetrazole rings is 1. The van der Waals surface area contributed by atoms with E-state index < -0.39 is 0 Å². The number of anilines is 1. The van der Waals surface area contributed by atoms with E-state index in [9.17, 15) is 0 Å². The molecule has 6 nitrogen and oxygen atoms in total. The molecule has 0 bridgehead atoms. The van der Waals surface area contributed by atoms with E-state index in [1.807, 2.05) is 30.3 Å². The minimum atomic E-state index is -0.232. The smallest absolute Gasteiger partial charge is 0.250 e. The number of aromatic nitrogens is 4. The highest BCUT2D eigenvalue weighted by Gasteiger charge is 2.35. The summed E-state index contributed by atoms with van der Waals surface area (Å²) < 4.78 is 7.80. The molecule has 1 aliphatic rings. The Morgan fingerprint density at radius 1 is 1.33 bits per heavy atom. The molecule has 1 fully saturated rings. The van der Waals surface area contributed by atoms with Crippen LogP contribution >= 0.6 is 15.9 Å². The summed E-state index contributed by atoms with van der Waals surface area (Å²) in [6, 6.07) is 9.92. The number of benzene rings is 1. The first-order chi connectivity index (χ1) is 10.1. The molecule has 7 heteroatoms. The maximum Gasteiger partial charge on any atom is 0.250 e. The van der Waals surface area contributed by atoms with E-state index in [1.165, 1.54) is 0 Å². The van der Waals surface area contributed by atoms with Gasteiger partial charge in [-0.1, -0.05) is 39.2 Å². The first-order valence-electron chi connectivity index (χ1n) is 6.91. The summed E-state index contributed by atoms with van der Waals surface area (Å²) in [4.78, 5) is 2.18. The van der Waals surface area contributed by atoms with Crippen molar-refractivity contribution in [1.29, 1.82) is 0 Å². The minimum Gasteiger partial charge on any atom is -0.368 e. The second-order valence-electron chi connectivity index (χ2n) is 5.76. The molecule has 1 aliphatic heterocycles. The Bertz CT molecular complexity index is 600. The van der Waals surface area contributed by atoms with Crippen molar-refractivity contribution >= 4 is 21.9 Å².